The summed E-state index contributed by atoms with van der Waals surface area (Å²) in [6.07, 6.45) is 0. The number of thiophene rings is 1. The van der Waals surface area contributed by atoms with E-state index >= 15 is 0 Å². The highest BCUT2D eigenvalue weighted by Gasteiger charge is 2.14. The molecule has 3 aromatic rings. The van der Waals surface area contributed by atoms with E-state index in [9.17, 15) is 0 Å². The Hall–Kier alpha value is -2.26. The molecule has 1 atom stereocenters. The second kappa shape index (κ2) is 6.46. The minimum atomic E-state index is 0.166. The van der Waals surface area contributed by atoms with Crippen LogP contribution in [0.4, 0.5) is 5.69 Å². The van der Waals surface area contributed by atoms with Crippen LogP contribution in [0.15, 0.2) is 72.1 Å². The van der Waals surface area contributed by atoms with Gasteiger partial charge in [-0.2, -0.15) is 0 Å². The fourth-order valence-corrected chi connectivity index (χ4v) is 3.08. The van der Waals surface area contributed by atoms with E-state index in [-0.39, 0.29) is 6.04 Å². The van der Waals surface area contributed by atoms with Gasteiger partial charge in [-0.05, 0) is 41.3 Å². The Morgan fingerprint density at radius 3 is 2.29 bits per heavy atom. The average Bonchev–Trinajstić information content (AvgIpc) is 3.08. The lowest BCUT2D eigenvalue weighted by molar-refractivity contribution is 0.415. The fourth-order valence-electron chi connectivity index (χ4n) is 2.27. The van der Waals surface area contributed by atoms with Gasteiger partial charge in [-0.1, -0.05) is 36.4 Å². The predicted octanol–water partition coefficient (Wildman–Crippen LogP) is 4.96. The van der Waals surface area contributed by atoms with Crippen molar-refractivity contribution in [1.29, 1.82) is 0 Å². The molecule has 1 aromatic heterocycles. The van der Waals surface area contributed by atoms with Crippen molar-refractivity contribution < 1.29 is 4.74 Å². The topological polar surface area (TPSA) is 21.3 Å². The summed E-state index contributed by atoms with van der Waals surface area (Å²) in [5, 5.41) is 5.72. The van der Waals surface area contributed by atoms with Crippen molar-refractivity contribution >= 4 is 17.0 Å². The van der Waals surface area contributed by atoms with Crippen molar-refractivity contribution in [3.63, 3.8) is 0 Å². The van der Waals surface area contributed by atoms with Crippen LogP contribution in [0.2, 0.25) is 0 Å². The molecule has 0 saturated carbocycles. The maximum atomic E-state index is 5.21. The Balaban J connectivity index is 1.89. The number of anilines is 1. The number of nitrogens with one attached hydrogen (secondary N) is 1. The van der Waals surface area contributed by atoms with Gasteiger partial charge in [0.25, 0.3) is 0 Å². The van der Waals surface area contributed by atoms with Crippen LogP contribution >= 0.6 is 11.3 Å². The molecule has 0 spiro atoms. The summed E-state index contributed by atoms with van der Waals surface area (Å²) in [6.45, 7) is 0. The second-order valence-corrected chi connectivity index (χ2v) is 5.71. The fraction of sp³-hybridized carbons (Fsp3) is 0.111. The van der Waals surface area contributed by atoms with E-state index in [1.807, 2.05) is 30.3 Å². The first-order chi connectivity index (χ1) is 10.4. The number of hydrogen-bond donors (Lipinski definition) is 1. The minimum Gasteiger partial charge on any atom is -0.497 e. The smallest absolute Gasteiger partial charge is 0.119 e. The van der Waals surface area contributed by atoms with Gasteiger partial charge < -0.3 is 10.1 Å². The lowest BCUT2D eigenvalue weighted by Gasteiger charge is -2.19. The molecule has 3 rings (SSSR count). The van der Waals surface area contributed by atoms with E-state index in [1.54, 1.807) is 18.4 Å². The van der Waals surface area contributed by atoms with Crippen LogP contribution in [0, 0.1) is 0 Å². The number of methoxy groups -OCH3 is 1. The molecule has 3 heteroatoms. The summed E-state index contributed by atoms with van der Waals surface area (Å²) in [4.78, 5) is 1.30. The molecule has 2 nitrogen and oxygen atoms in total. The maximum absolute atomic E-state index is 5.21. The quantitative estimate of drug-likeness (QED) is 0.718. The van der Waals surface area contributed by atoms with Gasteiger partial charge in [-0.3, -0.25) is 0 Å². The molecule has 1 N–H and O–H groups in total. The van der Waals surface area contributed by atoms with Gasteiger partial charge in [0.2, 0.25) is 0 Å². The summed E-state index contributed by atoms with van der Waals surface area (Å²) in [7, 11) is 1.68. The highest BCUT2D eigenvalue weighted by molar-refractivity contribution is 7.10. The standard InChI is InChI=1S/C18H17NOS/c1-20-16-11-9-15(10-12-16)19-18(17-8-5-13-21-17)14-6-3-2-4-7-14/h2-13,18-19H,1H3. The molecule has 1 unspecified atom stereocenters. The molecule has 0 amide bonds. The third-order valence-electron chi connectivity index (χ3n) is 3.36. The van der Waals surface area contributed by atoms with E-state index in [1.165, 1.54) is 10.4 Å². The molecule has 2 aromatic carbocycles. The van der Waals surface area contributed by atoms with Crippen molar-refractivity contribution in [3.05, 3.63) is 82.6 Å². The molecule has 0 aliphatic heterocycles. The zero-order chi connectivity index (χ0) is 14.5. The van der Waals surface area contributed by atoms with Crippen LogP contribution in [0.3, 0.4) is 0 Å². The number of rotatable bonds is 5. The summed E-state index contributed by atoms with van der Waals surface area (Å²) in [6, 6.07) is 23.0. The first kappa shape index (κ1) is 13.7. The summed E-state index contributed by atoms with van der Waals surface area (Å²) < 4.78 is 5.21. The Labute approximate surface area is 129 Å². The molecule has 0 aliphatic rings. The monoisotopic (exact) mass is 295 g/mol. The van der Waals surface area contributed by atoms with Gasteiger partial charge >= 0.3 is 0 Å². The van der Waals surface area contributed by atoms with Crippen LogP contribution in [0.5, 0.6) is 5.75 Å². The molecule has 1 heterocycles. The molecule has 0 radical (unpaired) electrons. The van der Waals surface area contributed by atoms with Gasteiger partial charge in [-0.25, -0.2) is 0 Å². The summed E-state index contributed by atoms with van der Waals surface area (Å²) in [5.41, 5.74) is 2.34. The largest absolute Gasteiger partial charge is 0.497 e. The van der Waals surface area contributed by atoms with Gasteiger partial charge in [0, 0.05) is 10.6 Å². The van der Waals surface area contributed by atoms with Crippen molar-refractivity contribution in [2.45, 2.75) is 6.04 Å². The highest BCUT2D eigenvalue weighted by atomic mass is 32.1. The molecular weight excluding hydrogens is 278 g/mol. The van der Waals surface area contributed by atoms with Crippen LogP contribution in [-0.4, -0.2) is 7.11 Å². The number of hydrogen-bond acceptors (Lipinski definition) is 3. The molecule has 21 heavy (non-hydrogen) atoms. The van der Waals surface area contributed by atoms with Crippen molar-refractivity contribution in [2.75, 3.05) is 12.4 Å². The Morgan fingerprint density at radius 1 is 0.905 bits per heavy atom. The van der Waals surface area contributed by atoms with Crippen molar-refractivity contribution in [1.82, 2.24) is 0 Å². The third kappa shape index (κ3) is 3.26. The Morgan fingerprint density at radius 2 is 1.67 bits per heavy atom. The summed E-state index contributed by atoms with van der Waals surface area (Å²) >= 11 is 1.77. The summed E-state index contributed by atoms with van der Waals surface area (Å²) in [5.74, 6) is 0.868. The van der Waals surface area contributed by atoms with Crippen LogP contribution in [0.1, 0.15) is 16.5 Å². The van der Waals surface area contributed by atoms with E-state index in [2.05, 4.69) is 47.1 Å². The Bertz CT molecular complexity index is 662. The van der Waals surface area contributed by atoms with Gasteiger partial charge in [0.05, 0.1) is 13.2 Å². The lowest BCUT2D eigenvalue weighted by Crippen LogP contribution is -2.10. The third-order valence-corrected chi connectivity index (χ3v) is 4.30. The lowest BCUT2D eigenvalue weighted by atomic mass is 10.0. The zero-order valence-corrected chi connectivity index (χ0v) is 12.6. The highest BCUT2D eigenvalue weighted by Crippen LogP contribution is 2.30. The normalized spacial score (nSPS) is 11.9. The van der Waals surface area contributed by atoms with Gasteiger partial charge in [0.15, 0.2) is 0 Å². The molecule has 0 saturated heterocycles. The SMILES string of the molecule is COc1ccc(NC(c2ccccc2)c2cccs2)cc1. The minimum absolute atomic E-state index is 0.166. The molecular formula is C18H17NOS. The van der Waals surface area contributed by atoms with Crippen LogP contribution in [0.25, 0.3) is 0 Å². The van der Waals surface area contributed by atoms with E-state index in [4.69, 9.17) is 4.74 Å². The molecule has 0 bridgehead atoms. The number of benzene rings is 2. The van der Waals surface area contributed by atoms with Crippen molar-refractivity contribution in [2.24, 2.45) is 0 Å². The Kier molecular flexibility index (Phi) is 4.22. The van der Waals surface area contributed by atoms with Gasteiger partial charge in [-0.15, -0.1) is 11.3 Å². The van der Waals surface area contributed by atoms with Crippen LogP contribution < -0.4 is 10.1 Å². The molecule has 0 aliphatic carbocycles. The molecule has 106 valence electrons. The van der Waals surface area contributed by atoms with E-state index in [0.717, 1.165) is 11.4 Å². The van der Waals surface area contributed by atoms with E-state index in [0.29, 0.717) is 0 Å². The first-order valence-corrected chi connectivity index (χ1v) is 7.74. The van der Waals surface area contributed by atoms with Gasteiger partial charge in [0.1, 0.15) is 5.75 Å². The molecule has 0 fully saturated rings. The second-order valence-electron chi connectivity index (χ2n) is 4.73. The first-order valence-electron chi connectivity index (χ1n) is 6.86. The van der Waals surface area contributed by atoms with Crippen molar-refractivity contribution in [3.8, 4) is 5.75 Å². The maximum Gasteiger partial charge on any atom is 0.119 e. The predicted molar refractivity (Wildman–Crippen MR) is 89.2 cm³/mol. The van der Waals surface area contributed by atoms with E-state index < -0.39 is 0 Å². The average molecular weight is 295 g/mol. The zero-order valence-electron chi connectivity index (χ0n) is 11.8. The number of ether oxygens (including phenoxy) is 1. The van der Waals surface area contributed by atoms with Crippen LogP contribution in [-0.2, 0) is 0 Å².